The van der Waals surface area contributed by atoms with E-state index in [1.54, 1.807) is 4.57 Å². The minimum atomic E-state index is -0.0763. The van der Waals surface area contributed by atoms with Crippen LogP contribution in [0.4, 0.5) is 0 Å². The third-order valence-electron chi connectivity index (χ3n) is 4.43. The Bertz CT molecular complexity index is 927. The third-order valence-corrected chi connectivity index (χ3v) is 5.32. The fourth-order valence-corrected chi connectivity index (χ4v) is 3.64. The molecule has 0 fully saturated rings. The van der Waals surface area contributed by atoms with Gasteiger partial charge < -0.3 is 9.88 Å². The Morgan fingerprint density at radius 2 is 1.73 bits per heavy atom. The van der Waals surface area contributed by atoms with Crippen molar-refractivity contribution in [1.82, 2.24) is 9.88 Å². The van der Waals surface area contributed by atoms with E-state index < -0.39 is 0 Å². The van der Waals surface area contributed by atoms with Crippen molar-refractivity contribution in [2.24, 2.45) is 0 Å². The third kappa shape index (κ3) is 4.29. The standard InChI is InChI=1S/C21H22N2O2S/c1-15-14-26-21(25)23(15)13-12-20(24)22-16(2)17-8-10-19(11-9-17)18-6-4-3-5-7-18/h3-11,14,16H,12-13H2,1-2H3,(H,22,24)/t16-/m0/s1. The molecule has 1 aromatic heterocycles. The molecule has 0 saturated carbocycles. The van der Waals surface area contributed by atoms with Crippen LogP contribution in [0.15, 0.2) is 64.8 Å². The van der Waals surface area contributed by atoms with Crippen molar-refractivity contribution in [1.29, 1.82) is 0 Å². The van der Waals surface area contributed by atoms with Crippen molar-refractivity contribution in [3.8, 4) is 11.1 Å². The second kappa shape index (κ2) is 8.15. The Morgan fingerprint density at radius 1 is 1.08 bits per heavy atom. The summed E-state index contributed by atoms with van der Waals surface area (Å²) < 4.78 is 1.64. The first-order valence-electron chi connectivity index (χ1n) is 8.64. The molecule has 0 bridgehead atoms. The predicted molar refractivity (Wildman–Crippen MR) is 106 cm³/mol. The highest BCUT2D eigenvalue weighted by atomic mass is 32.1. The van der Waals surface area contributed by atoms with Gasteiger partial charge in [-0.3, -0.25) is 9.59 Å². The first-order chi connectivity index (χ1) is 12.5. The zero-order chi connectivity index (χ0) is 18.5. The van der Waals surface area contributed by atoms with Crippen molar-refractivity contribution in [3.05, 3.63) is 80.9 Å². The van der Waals surface area contributed by atoms with Gasteiger partial charge in [0.25, 0.3) is 0 Å². The molecule has 0 aliphatic heterocycles. The van der Waals surface area contributed by atoms with E-state index in [2.05, 4.69) is 29.6 Å². The van der Waals surface area contributed by atoms with Crippen LogP contribution in [0.2, 0.25) is 0 Å². The Balaban J connectivity index is 1.58. The summed E-state index contributed by atoms with van der Waals surface area (Å²) in [5.74, 6) is -0.0536. The van der Waals surface area contributed by atoms with Crippen LogP contribution in [0, 0.1) is 6.92 Å². The molecule has 26 heavy (non-hydrogen) atoms. The molecule has 0 saturated heterocycles. The molecular formula is C21H22N2O2S. The monoisotopic (exact) mass is 366 g/mol. The van der Waals surface area contributed by atoms with Crippen molar-refractivity contribution >= 4 is 17.2 Å². The van der Waals surface area contributed by atoms with E-state index in [0.717, 1.165) is 16.8 Å². The topological polar surface area (TPSA) is 51.1 Å². The lowest BCUT2D eigenvalue weighted by molar-refractivity contribution is -0.121. The summed E-state index contributed by atoms with van der Waals surface area (Å²) in [6.45, 7) is 4.27. The molecule has 1 amide bonds. The molecule has 134 valence electrons. The second-order valence-electron chi connectivity index (χ2n) is 6.32. The number of hydrogen-bond acceptors (Lipinski definition) is 3. The maximum absolute atomic E-state index is 12.2. The summed E-state index contributed by atoms with van der Waals surface area (Å²) in [6, 6.07) is 18.3. The van der Waals surface area contributed by atoms with Gasteiger partial charge in [-0.15, -0.1) is 0 Å². The minimum Gasteiger partial charge on any atom is -0.350 e. The molecule has 3 aromatic rings. The van der Waals surface area contributed by atoms with Crippen LogP contribution in [-0.4, -0.2) is 10.5 Å². The normalized spacial score (nSPS) is 11.9. The van der Waals surface area contributed by atoms with Crippen molar-refractivity contribution in [3.63, 3.8) is 0 Å². The molecule has 2 aromatic carbocycles. The first-order valence-corrected chi connectivity index (χ1v) is 9.52. The fraction of sp³-hybridized carbons (Fsp3) is 0.238. The zero-order valence-corrected chi connectivity index (χ0v) is 15.8. The molecule has 1 atom stereocenters. The highest BCUT2D eigenvalue weighted by molar-refractivity contribution is 7.07. The summed E-state index contributed by atoms with van der Waals surface area (Å²) in [6.07, 6.45) is 0.296. The summed E-state index contributed by atoms with van der Waals surface area (Å²) in [5.41, 5.74) is 4.28. The Morgan fingerprint density at radius 3 is 2.35 bits per heavy atom. The average molecular weight is 366 g/mol. The zero-order valence-electron chi connectivity index (χ0n) is 14.9. The van der Waals surface area contributed by atoms with Crippen LogP contribution in [0.1, 0.15) is 30.6 Å². The van der Waals surface area contributed by atoms with E-state index in [-0.39, 0.29) is 16.8 Å². The SMILES string of the molecule is Cc1csc(=O)n1CCC(=O)N[C@@H](C)c1ccc(-c2ccccc2)cc1. The molecule has 0 unspecified atom stereocenters. The van der Waals surface area contributed by atoms with Gasteiger partial charge in [0.1, 0.15) is 0 Å². The number of aryl methyl sites for hydroxylation is 1. The molecule has 5 heteroatoms. The van der Waals surface area contributed by atoms with E-state index in [0.29, 0.717) is 13.0 Å². The predicted octanol–water partition coefficient (Wildman–Crippen LogP) is 4.15. The van der Waals surface area contributed by atoms with Gasteiger partial charge in [-0.2, -0.15) is 0 Å². The van der Waals surface area contributed by atoms with Crippen LogP contribution in [0.5, 0.6) is 0 Å². The molecule has 0 spiro atoms. The van der Waals surface area contributed by atoms with Crippen LogP contribution in [0.3, 0.4) is 0 Å². The van der Waals surface area contributed by atoms with E-state index in [1.165, 1.54) is 16.9 Å². The lowest BCUT2D eigenvalue weighted by atomic mass is 10.0. The average Bonchev–Trinajstić information content (AvgIpc) is 2.98. The highest BCUT2D eigenvalue weighted by Crippen LogP contribution is 2.21. The molecule has 0 aliphatic rings. The number of thiazole rings is 1. The molecule has 1 N–H and O–H groups in total. The largest absolute Gasteiger partial charge is 0.350 e. The van der Waals surface area contributed by atoms with E-state index >= 15 is 0 Å². The number of hydrogen-bond donors (Lipinski definition) is 1. The van der Waals surface area contributed by atoms with Crippen LogP contribution < -0.4 is 10.2 Å². The summed E-state index contributed by atoms with van der Waals surface area (Å²) >= 11 is 1.17. The summed E-state index contributed by atoms with van der Waals surface area (Å²) in [7, 11) is 0. The van der Waals surface area contributed by atoms with Gasteiger partial charge in [0.2, 0.25) is 5.91 Å². The number of benzene rings is 2. The molecule has 1 heterocycles. The van der Waals surface area contributed by atoms with E-state index in [1.807, 2.05) is 49.6 Å². The van der Waals surface area contributed by atoms with Gasteiger partial charge in [0.05, 0.1) is 6.04 Å². The molecule has 3 rings (SSSR count). The highest BCUT2D eigenvalue weighted by Gasteiger charge is 2.11. The minimum absolute atomic E-state index is 0.0140. The maximum Gasteiger partial charge on any atom is 0.307 e. The Labute approximate surface area is 157 Å². The maximum atomic E-state index is 12.2. The molecular weight excluding hydrogens is 344 g/mol. The Kier molecular flexibility index (Phi) is 5.68. The lowest BCUT2D eigenvalue weighted by Gasteiger charge is -2.15. The van der Waals surface area contributed by atoms with Crippen LogP contribution in [-0.2, 0) is 11.3 Å². The van der Waals surface area contributed by atoms with E-state index in [4.69, 9.17) is 0 Å². The van der Waals surface area contributed by atoms with Gasteiger partial charge in [-0.1, -0.05) is 65.9 Å². The smallest absolute Gasteiger partial charge is 0.307 e. The van der Waals surface area contributed by atoms with Gasteiger partial charge >= 0.3 is 4.87 Å². The molecule has 0 radical (unpaired) electrons. The van der Waals surface area contributed by atoms with Crippen LogP contribution >= 0.6 is 11.3 Å². The van der Waals surface area contributed by atoms with Crippen molar-refractivity contribution in [2.45, 2.75) is 32.9 Å². The van der Waals surface area contributed by atoms with Gasteiger partial charge in [0.15, 0.2) is 0 Å². The van der Waals surface area contributed by atoms with Gasteiger partial charge in [-0.05, 0) is 30.5 Å². The summed E-state index contributed by atoms with van der Waals surface area (Å²) in [4.78, 5) is 23.9. The second-order valence-corrected chi connectivity index (χ2v) is 7.14. The van der Waals surface area contributed by atoms with Crippen molar-refractivity contribution in [2.75, 3.05) is 0 Å². The lowest BCUT2D eigenvalue weighted by Crippen LogP contribution is -2.28. The van der Waals surface area contributed by atoms with E-state index in [9.17, 15) is 9.59 Å². The number of rotatable bonds is 6. The van der Waals surface area contributed by atoms with Gasteiger partial charge in [-0.25, -0.2) is 0 Å². The number of amides is 1. The van der Waals surface area contributed by atoms with Crippen LogP contribution in [0.25, 0.3) is 11.1 Å². The number of nitrogens with zero attached hydrogens (tertiary/aromatic N) is 1. The molecule has 0 aliphatic carbocycles. The number of carbonyl (C=O) groups excluding carboxylic acids is 1. The summed E-state index contributed by atoms with van der Waals surface area (Å²) in [5, 5.41) is 4.82. The molecule has 4 nitrogen and oxygen atoms in total. The fourth-order valence-electron chi connectivity index (χ4n) is 2.88. The Hall–Kier alpha value is -2.66. The number of carbonyl (C=O) groups is 1. The number of nitrogens with one attached hydrogen (secondary N) is 1. The van der Waals surface area contributed by atoms with Crippen molar-refractivity contribution < 1.29 is 4.79 Å². The first kappa shape index (κ1) is 18.1. The number of aromatic nitrogens is 1. The van der Waals surface area contributed by atoms with Gasteiger partial charge in [0, 0.05) is 24.0 Å². The quantitative estimate of drug-likeness (QED) is 0.712.